The molecule has 1 heterocycles. The molecule has 0 radical (unpaired) electrons. The molecule has 92 valence electrons. The minimum atomic E-state index is -0.190. The second-order valence-electron chi connectivity index (χ2n) is 5.21. The molecule has 1 aromatic rings. The maximum Gasteiger partial charge on any atom is 0.254 e. The first kappa shape index (κ1) is 11.2. The zero-order valence-corrected chi connectivity index (χ0v) is 10.5. The Morgan fingerprint density at radius 2 is 1.83 bits per heavy atom. The molecule has 1 aliphatic carbocycles. The van der Waals surface area contributed by atoms with Gasteiger partial charge < -0.3 is 0 Å². The van der Waals surface area contributed by atoms with Gasteiger partial charge >= 0.3 is 0 Å². The van der Waals surface area contributed by atoms with Crippen molar-refractivity contribution < 1.29 is 9.59 Å². The van der Waals surface area contributed by atoms with Gasteiger partial charge in [-0.1, -0.05) is 30.7 Å². The highest BCUT2D eigenvalue weighted by Crippen LogP contribution is 2.41. The van der Waals surface area contributed by atoms with Crippen molar-refractivity contribution in [1.29, 1.82) is 0 Å². The van der Waals surface area contributed by atoms with Crippen LogP contribution in [-0.4, -0.2) is 16.7 Å². The molecule has 3 rings (SSSR count). The third kappa shape index (κ3) is 1.50. The highest BCUT2D eigenvalue weighted by molar-refractivity contribution is 6.13. The average Bonchev–Trinajstić information content (AvgIpc) is 2.79. The zero-order chi connectivity index (χ0) is 12.9. The summed E-state index contributed by atoms with van der Waals surface area (Å²) in [6.07, 6.45) is 3.65. The standard InChI is InChI=1S/C15H15NO2/c1-9-3-4-12-11(7-9)8-10(2)15(12)16-13(17)5-6-14(16)18/h3-7,10,15H,8H2,1-2H3/t10-,15-/m0/s1. The minimum Gasteiger partial charge on any atom is -0.269 e. The van der Waals surface area contributed by atoms with Gasteiger partial charge in [-0.3, -0.25) is 14.5 Å². The van der Waals surface area contributed by atoms with E-state index in [1.165, 1.54) is 28.2 Å². The van der Waals surface area contributed by atoms with Crippen LogP contribution in [0.3, 0.4) is 0 Å². The van der Waals surface area contributed by atoms with Gasteiger partial charge in [0.2, 0.25) is 0 Å². The molecule has 1 aromatic carbocycles. The predicted molar refractivity (Wildman–Crippen MR) is 67.8 cm³/mol. The molecule has 0 spiro atoms. The number of carbonyl (C=O) groups excluding carboxylic acids is 2. The fourth-order valence-corrected chi connectivity index (χ4v) is 3.04. The van der Waals surface area contributed by atoms with Crippen molar-refractivity contribution in [3.63, 3.8) is 0 Å². The van der Waals surface area contributed by atoms with Gasteiger partial charge in [0, 0.05) is 12.2 Å². The zero-order valence-electron chi connectivity index (χ0n) is 10.5. The number of benzene rings is 1. The van der Waals surface area contributed by atoms with E-state index in [0.29, 0.717) is 0 Å². The van der Waals surface area contributed by atoms with E-state index in [0.717, 1.165) is 12.0 Å². The van der Waals surface area contributed by atoms with Gasteiger partial charge in [0.1, 0.15) is 0 Å². The van der Waals surface area contributed by atoms with Crippen molar-refractivity contribution in [1.82, 2.24) is 4.90 Å². The van der Waals surface area contributed by atoms with Gasteiger partial charge in [0.15, 0.2) is 0 Å². The molecular formula is C15H15NO2. The maximum atomic E-state index is 11.8. The lowest BCUT2D eigenvalue weighted by Gasteiger charge is -2.26. The Labute approximate surface area is 106 Å². The van der Waals surface area contributed by atoms with Crippen molar-refractivity contribution in [3.8, 4) is 0 Å². The number of nitrogens with zero attached hydrogens (tertiary/aromatic N) is 1. The third-order valence-electron chi connectivity index (χ3n) is 3.82. The number of hydrogen-bond donors (Lipinski definition) is 0. The van der Waals surface area contributed by atoms with Crippen LogP contribution in [0.2, 0.25) is 0 Å². The normalized spacial score (nSPS) is 26.0. The van der Waals surface area contributed by atoms with Crippen molar-refractivity contribution in [2.24, 2.45) is 5.92 Å². The summed E-state index contributed by atoms with van der Waals surface area (Å²) >= 11 is 0. The highest BCUT2D eigenvalue weighted by Gasteiger charge is 2.40. The first-order valence-corrected chi connectivity index (χ1v) is 6.22. The minimum absolute atomic E-state index is 0.101. The van der Waals surface area contributed by atoms with Gasteiger partial charge in [-0.25, -0.2) is 0 Å². The Morgan fingerprint density at radius 3 is 2.50 bits per heavy atom. The summed E-state index contributed by atoms with van der Waals surface area (Å²) in [6, 6.07) is 6.15. The summed E-state index contributed by atoms with van der Waals surface area (Å²) in [5, 5.41) is 0. The van der Waals surface area contributed by atoms with Gasteiger partial charge in [0.25, 0.3) is 11.8 Å². The van der Waals surface area contributed by atoms with E-state index >= 15 is 0 Å². The molecule has 1 aliphatic heterocycles. The van der Waals surface area contributed by atoms with Gasteiger partial charge in [-0.05, 0) is 30.4 Å². The molecule has 3 nitrogen and oxygen atoms in total. The SMILES string of the molecule is Cc1ccc2c(c1)C[C@H](C)[C@@H]2N1C(=O)C=CC1=O. The van der Waals surface area contributed by atoms with Crippen LogP contribution in [0, 0.1) is 12.8 Å². The number of imide groups is 1. The molecule has 0 saturated heterocycles. The lowest BCUT2D eigenvalue weighted by atomic mass is 10.0. The van der Waals surface area contributed by atoms with Crippen LogP contribution in [0.15, 0.2) is 30.4 Å². The molecule has 2 aliphatic rings. The van der Waals surface area contributed by atoms with E-state index < -0.39 is 0 Å². The summed E-state index contributed by atoms with van der Waals surface area (Å²) in [5.74, 6) is -0.0925. The predicted octanol–water partition coefficient (Wildman–Crippen LogP) is 2.15. The Hall–Kier alpha value is -1.90. The Morgan fingerprint density at radius 1 is 1.17 bits per heavy atom. The smallest absolute Gasteiger partial charge is 0.254 e. The molecule has 3 heteroatoms. The molecule has 2 amide bonds. The largest absolute Gasteiger partial charge is 0.269 e. The first-order chi connectivity index (χ1) is 8.58. The van der Waals surface area contributed by atoms with Crippen LogP contribution in [0.25, 0.3) is 0 Å². The lowest BCUT2D eigenvalue weighted by Crippen LogP contribution is -2.35. The number of carbonyl (C=O) groups is 2. The number of aryl methyl sites for hydroxylation is 1. The fourth-order valence-electron chi connectivity index (χ4n) is 3.04. The molecule has 0 aromatic heterocycles. The second kappa shape index (κ2) is 3.80. The second-order valence-corrected chi connectivity index (χ2v) is 5.21. The number of hydrogen-bond acceptors (Lipinski definition) is 2. The van der Waals surface area contributed by atoms with Crippen LogP contribution >= 0.6 is 0 Å². The molecule has 0 saturated carbocycles. The van der Waals surface area contributed by atoms with Gasteiger partial charge in [-0.15, -0.1) is 0 Å². The number of amides is 2. The summed E-state index contributed by atoms with van der Waals surface area (Å²) in [5.41, 5.74) is 3.61. The average molecular weight is 241 g/mol. The van der Waals surface area contributed by atoms with E-state index in [1.54, 1.807) is 0 Å². The van der Waals surface area contributed by atoms with Crippen LogP contribution < -0.4 is 0 Å². The molecule has 0 N–H and O–H groups in total. The van der Waals surface area contributed by atoms with Crippen molar-refractivity contribution >= 4 is 11.8 Å². The van der Waals surface area contributed by atoms with E-state index in [2.05, 4.69) is 26.0 Å². The monoisotopic (exact) mass is 241 g/mol. The first-order valence-electron chi connectivity index (χ1n) is 6.22. The van der Waals surface area contributed by atoms with Crippen LogP contribution in [0.1, 0.15) is 29.7 Å². The van der Waals surface area contributed by atoms with Crippen molar-refractivity contribution in [3.05, 3.63) is 47.0 Å². The van der Waals surface area contributed by atoms with Gasteiger partial charge in [0.05, 0.1) is 6.04 Å². The molecular weight excluding hydrogens is 226 g/mol. The fraction of sp³-hybridized carbons (Fsp3) is 0.333. The maximum absolute atomic E-state index is 11.8. The molecule has 2 atom stereocenters. The Kier molecular flexibility index (Phi) is 2.37. The van der Waals surface area contributed by atoms with E-state index in [-0.39, 0.29) is 23.8 Å². The van der Waals surface area contributed by atoms with E-state index in [4.69, 9.17) is 0 Å². The number of rotatable bonds is 1. The summed E-state index contributed by atoms with van der Waals surface area (Å²) in [7, 11) is 0. The summed E-state index contributed by atoms with van der Waals surface area (Å²) < 4.78 is 0. The van der Waals surface area contributed by atoms with Crippen LogP contribution in [0.5, 0.6) is 0 Å². The number of fused-ring (bicyclic) bond motifs is 1. The topological polar surface area (TPSA) is 37.4 Å². The van der Waals surface area contributed by atoms with Crippen molar-refractivity contribution in [2.45, 2.75) is 26.3 Å². The summed E-state index contributed by atoms with van der Waals surface area (Å²) in [4.78, 5) is 25.0. The third-order valence-corrected chi connectivity index (χ3v) is 3.82. The Balaban J connectivity index is 2.04. The molecule has 18 heavy (non-hydrogen) atoms. The molecule has 0 fully saturated rings. The molecule has 0 unspecified atom stereocenters. The molecule has 0 bridgehead atoms. The van der Waals surface area contributed by atoms with Crippen LogP contribution in [-0.2, 0) is 16.0 Å². The van der Waals surface area contributed by atoms with E-state index in [9.17, 15) is 9.59 Å². The summed E-state index contributed by atoms with van der Waals surface area (Å²) in [6.45, 7) is 4.16. The van der Waals surface area contributed by atoms with Gasteiger partial charge in [-0.2, -0.15) is 0 Å². The quantitative estimate of drug-likeness (QED) is 0.706. The Bertz CT molecular complexity index is 556. The lowest BCUT2D eigenvalue weighted by molar-refractivity contribution is -0.140. The highest BCUT2D eigenvalue weighted by atomic mass is 16.2. The van der Waals surface area contributed by atoms with E-state index in [1.807, 2.05) is 6.07 Å². The van der Waals surface area contributed by atoms with Crippen molar-refractivity contribution in [2.75, 3.05) is 0 Å². The van der Waals surface area contributed by atoms with Crippen LogP contribution in [0.4, 0.5) is 0 Å².